The van der Waals surface area contributed by atoms with Crippen LogP contribution in [-0.2, 0) is 20.9 Å². The van der Waals surface area contributed by atoms with E-state index in [-0.39, 0.29) is 37.5 Å². The molecule has 0 spiro atoms. The van der Waals surface area contributed by atoms with E-state index in [0.717, 1.165) is 0 Å². The van der Waals surface area contributed by atoms with Crippen molar-refractivity contribution in [2.75, 3.05) is 26.9 Å². The number of carbonyl (C=O) groups is 2. The Hall–Kier alpha value is -1.99. The molecule has 0 saturated carbocycles. The van der Waals surface area contributed by atoms with Crippen LogP contribution in [0.1, 0.15) is 15.9 Å². The predicted octanol–water partition coefficient (Wildman–Crippen LogP) is 0.898. The van der Waals surface area contributed by atoms with Crippen LogP contribution in [0.5, 0.6) is 0 Å². The molecule has 0 unspecified atom stereocenters. The lowest BCUT2D eigenvalue weighted by Gasteiger charge is -2.33. The van der Waals surface area contributed by atoms with Crippen LogP contribution in [0.15, 0.2) is 18.2 Å². The van der Waals surface area contributed by atoms with Gasteiger partial charge >= 0.3 is 5.97 Å². The molecule has 1 heterocycles. The highest BCUT2D eigenvalue weighted by Crippen LogP contribution is 2.17. The van der Waals surface area contributed by atoms with Crippen molar-refractivity contribution in [3.05, 3.63) is 35.1 Å². The molecular formula is C14H16FNO5. The number of amides is 1. The van der Waals surface area contributed by atoms with Crippen LogP contribution in [0.4, 0.5) is 4.39 Å². The van der Waals surface area contributed by atoms with Crippen LogP contribution < -0.4 is 0 Å². The summed E-state index contributed by atoms with van der Waals surface area (Å²) in [6.07, 6.45) is 0. The van der Waals surface area contributed by atoms with Gasteiger partial charge in [-0.25, -0.2) is 9.18 Å². The maximum atomic E-state index is 13.5. The molecule has 114 valence electrons. The second-order valence-electron chi connectivity index (χ2n) is 4.67. The first-order chi connectivity index (χ1) is 10.0. The fourth-order valence-electron chi connectivity index (χ4n) is 2.19. The maximum absolute atomic E-state index is 13.5. The lowest BCUT2D eigenvalue weighted by atomic mass is 10.1. The summed E-state index contributed by atoms with van der Waals surface area (Å²) < 4.78 is 23.5. The zero-order valence-electron chi connectivity index (χ0n) is 11.5. The largest absolute Gasteiger partial charge is 0.480 e. The van der Waals surface area contributed by atoms with E-state index in [0.29, 0.717) is 0 Å². The highest BCUT2D eigenvalue weighted by molar-refractivity contribution is 5.97. The number of rotatable bonds is 4. The molecule has 0 radical (unpaired) electrons. The van der Waals surface area contributed by atoms with Crippen molar-refractivity contribution < 1.29 is 28.6 Å². The van der Waals surface area contributed by atoms with Crippen molar-refractivity contribution in [1.82, 2.24) is 4.90 Å². The summed E-state index contributed by atoms with van der Waals surface area (Å²) in [6.45, 7) is 0.458. The van der Waals surface area contributed by atoms with E-state index in [1.807, 2.05) is 0 Å². The van der Waals surface area contributed by atoms with Gasteiger partial charge in [0.15, 0.2) is 6.04 Å². The first-order valence-corrected chi connectivity index (χ1v) is 6.43. The van der Waals surface area contributed by atoms with E-state index in [4.69, 9.17) is 14.6 Å². The Morgan fingerprint density at radius 3 is 2.95 bits per heavy atom. The molecule has 0 aromatic heterocycles. The van der Waals surface area contributed by atoms with Gasteiger partial charge in [-0.05, 0) is 18.2 Å². The highest BCUT2D eigenvalue weighted by Gasteiger charge is 2.33. The SMILES string of the molecule is COCc1cc(C(=O)N2CCOC[C@H]2C(=O)O)ccc1F. The number of nitrogens with zero attached hydrogens (tertiary/aromatic N) is 1. The van der Waals surface area contributed by atoms with E-state index in [1.165, 1.54) is 30.2 Å². The van der Waals surface area contributed by atoms with Gasteiger partial charge < -0.3 is 19.5 Å². The van der Waals surface area contributed by atoms with Gasteiger partial charge in [-0.3, -0.25) is 4.79 Å². The molecule has 1 saturated heterocycles. The lowest BCUT2D eigenvalue weighted by Crippen LogP contribution is -2.52. The average molecular weight is 297 g/mol. The average Bonchev–Trinajstić information content (AvgIpc) is 2.49. The standard InChI is InChI=1S/C14H16FNO5/c1-20-7-10-6-9(2-3-11(10)15)13(17)16-4-5-21-8-12(16)14(18)19/h2-3,6,12H,4-5,7-8H2,1H3,(H,18,19)/t12-/m0/s1. The zero-order valence-corrected chi connectivity index (χ0v) is 11.5. The first kappa shape index (κ1) is 15.4. The van der Waals surface area contributed by atoms with Gasteiger partial charge in [0.1, 0.15) is 5.82 Å². The Morgan fingerprint density at radius 1 is 1.52 bits per heavy atom. The second-order valence-corrected chi connectivity index (χ2v) is 4.67. The fourth-order valence-corrected chi connectivity index (χ4v) is 2.19. The number of halogens is 1. The Balaban J connectivity index is 2.25. The van der Waals surface area contributed by atoms with E-state index in [1.54, 1.807) is 0 Å². The van der Waals surface area contributed by atoms with Crippen molar-refractivity contribution in [2.24, 2.45) is 0 Å². The molecule has 1 atom stereocenters. The summed E-state index contributed by atoms with van der Waals surface area (Å²) in [7, 11) is 1.43. The topological polar surface area (TPSA) is 76.1 Å². The smallest absolute Gasteiger partial charge is 0.328 e. The fraction of sp³-hybridized carbons (Fsp3) is 0.429. The third-order valence-electron chi connectivity index (χ3n) is 3.27. The Labute approximate surface area is 121 Å². The minimum atomic E-state index is -1.12. The molecule has 0 bridgehead atoms. The molecular weight excluding hydrogens is 281 g/mol. The van der Waals surface area contributed by atoms with E-state index in [9.17, 15) is 14.0 Å². The molecule has 7 heteroatoms. The first-order valence-electron chi connectivity index (χ1n) is 6.43. The monoisotopic (exact) mass is 297 g/mol. The molecule has 1 N–H and O–H groups in total. The Morgan fingerprint density at radius 2 is 2.29 bits per heavy atom. The van der Waals surface area contributed by atoms with Crippen LogP contribution in [0.3, 0.4) is 0 Å². The normalized spacial score (nSPS) is 18.6. The molecule has 1 aliphatic heterocycles. The van der Waals surface area contributed by atoms with Gasteiger partial charge in [-0.1, -0.05) is 0 Å². The molecule has 21 heavy (non-hydrogen) atoms. The predicted molar refractivity (Wildman–Crippen MR) is 70.4 cm³/mol. The summed E-state index contributed by atoms with van der Waals surface area (Å²) in [5.74, 6) is -2.05. The third kappa shape index (κ3) is 3.37. The highest BCUT2D eigenvalue weighted by atomic mass is 19.1. The summed E-state index contributed by atoms with van der Waals surface area (Å²) in [5.41, 5.74) is 0.486. The number of aliphatic carboxylic acids is 1. The quantitative estimate of drug-likeness (QED) is 0.893. The van der Waals surface area contributed by atoms with E-state index >= 15 is 0 Å². The minimum Gasteiger partial charge on any atom is -0.480 e. The number of benzene rings is 1. The molecule has 0 aliphatic carbocycles. The molecule has 1 aromatic rings. The molecule has 6 nitrogen and oxygen atoms in total. The molecule has 2 rings (SSSR count). The molecule has 1 aliphatic rings. The number of hydrogen-bond acceptors (Lipinski definition) is 4. The summed E-state index contributed by atoms with van der Waals surface area (Å²) in [4.78, 5) is 24.8. The summed E-state index contributed by atoms with van der Waals surface area (Å²) >= 11 is 0. The van der Waals surface area contributed by atoms with Crippen LogP contribution >= 0.6 is 0 Å². The van der Waals surface area contributed by atoms with Crippen LogP contribution in [0, 0.1) is 5.82 Å². The van der Waals surface area contributed by atoms with Crippen molar-refractivity contribution in [1.29, 1.82) is 0 Å². The number of carboxylic acids is 1. The van der Waals surface area contributed by atoms with E-state index < -0.39 is 23.7 Å². The Kier molecular flexibility index (Phi) is 4.87. The van der Waals surface area contributed by atoms with Crippen molar-refractivity contribution in [2.45, 2.75) is 12.6 Å². The van der Waals surface area contributed by atoms with Gasteiger partial charge in [-0.15, -0.1) is 0 Å². The number of ether oxygens (including phenoxy) is 2. The summed E-state index contributed by atoms with van der Waals surface area (Å²) in [6, 6.07) is 2.88. The number of methoxy groups -OCH3 is 1. The summed E-state index contributed by atoms with van der Waals surface area (Å²) in [5, 5.41) is 9.13. The number of carboxylic acid groups (broad SMARTS) is 1. The van der Waals surface area contributed by atoms with Crippen LogP contribution in [0.2, 0.25) is 0 Å². The molecule has 1 fully saturated rings. The van der Waals surface area contributed by atoms with Gasteiger partial charge in [0, 0.05) is 24.8 Å². The van der Waals surface area contributed by atoms with Crippen molar-refractivity contribution >= 4 is 11.9 Å². The maximum Gasteiger partial charge on any atom is 0.328 e. The third-order valence-corrected chi connectivity index (χ3v) is 3.27. The zero-order chi connectivity index (χ0) is 15.4. The van der Waals surface area contributed by atoms with Gasteiger partial charge in [0.2, 0.25) is 0 Å². The van der Waals surface area contributed by atoms with Gasteiger partial charge in [0.25, 0.3) is 5.91 Å². The molecule has 1 amide bonds. The second kappa shape index (κ2) is 6.64. The number of carbonyl (C=O) groups excluding carboxylic acids is 1. The number of hydrogen-bond donors (Lipinski definition) is 1. The minimum absolute atomic E-state index is 0.0401. The van der Waals surface area contributed by atoms with Crippen molar-refractivity contribution in [3.63, 3.8) is 0 Å². The van der Waals surface area contributed by atoms with Crippen LogP contribution in [0.25, 0.3) is 0 Å². The number of morpholine rings is 1. The van der Waals surface area contributed by atoms with E-state index in [2.05, 4.69) is 0 Å². The lowest BCUT2D eigenvalue weighted by molar-refractivity contribution is -0.147. The van der Waals surface area contributed by atoms with Gasteiger partial charge in [-0.2, -0.15) is 0 Å². The Bertz CT molecular complexity index is 548. The van der Waals surface area contributed by atoms with Crippen LogP contribution in [-0.4, -0.2) is 54.8 Å². The molecule has 1 aromatic carbocycles. The van der Waals surface area contributed by atoms with Gasteiger partial charge in [0.05, 0.1) is 19.8 Å². The van der Waals surface area contributed by atoms with Crippen molar-refractivity contribution in [3.8, 4) is 0 Å².